The molecular weight excluding hydrogens is 584 g/mol. The minimum atomic E-state index is -1.41. The molecule has 45 heavy (non-hydrogen) atoms. The molecule has 13 heteroatoms. The minimum absolute atomic E-state index is 0.167. The average molecular weight is 625 g/mol. The van der Waals surface area contributed by atoms with Crippen LogP contribution in [0.1, 0.15) is 34.6 Å². The van der Waals surface area contributed by atoms with Gasteiger partial charge in [0.25, 0.3) is 5.56 Å². The first-order chi connectivity index (χ1) is 21.6. The summed E-state index contributed by atoms with van der Waals surface area (Å²) in [6.45, 7) is 3.47. The number of likely N-dealkylation sites (N-methyl/N-ethyl adjacent to an activating group) is 1. The van der Waals surface area contributed by atoms with E-state index in [1.165, 1.54) is 13.1 Å². The molecule has 1 aliphatic rings. The third-order valence-electron chi connectivity index (χ3n) is 7.28. The third kappa shape index (κ3) is 8.74. The number of carbonyl (C=O) groups is 2. The van der Waals surface area contributed by atoms with Crippen LogP contribution in [-0.4, -0.2) is 89.2 Å². The maximum atomic E-state index is 13.7. The number of ether oxygens (including phenoxy) is 4. The van der Waals surface area contributed by atoms with E-state index >= 15 is 0 Å². The number of rotatable bonds is 14. The molecular formula is C32H40N4O9. The maximum Gasteiger partial charge on any atom is 0.338 e. The van der Waals surface area contributed by atoms with Gasteiger partial charge in [-0.3, -0.25) is 14.2 Å². The quantitative estimate of drug-likeness (QED) is 0.249. The number of nitrogens with one attached hydrogen (secondary N) is 1. The van der Waals surface area contributed by atoms with Gasteiger partial charge in [0.15, 0.2) is 6.23 Å². The van der Waals surface area contributed by atoms with Crippen molar-refractivity contribution in [3.8, 4) is 0 Å². The van der Waals surface area contributed by atoms with Crippen LogP contribution in [0.5, 0.6) is 0 Å². The third-order valence-corrected chi connectivity index (χ3v) is 7.28. The fraction of sp³-hybridized carbons (Fsp3) is 0.438. The molecule has 4 rings (SSSR count). The lowest BCUT2D eigenvalue weighted by Gasteiger charge is -2.23. The number of carbonyl (C=O) groups excluding carboxylic acids is 2. The lowest BCUT2D eigenvalue weighted by molar-refractivity contribution is -0.133. The second-order valence-corrected chi connectivity index (χ2v) is 11.1. The topological polar surface area (TPSA) is 151 Å². The van der Waals surface area contributed by atoms with Crippen LogP contribution < -0.4 is 16.6 Å². The largest absolute Gasteiger partial charge is 0.456 e. The van der Waals surface area contributed by atoms with Crippen molar-refractivity contribution < 1.29 is 33.6 Å². The van der Waals surface area contributed by atoms with Crippen molar-refractivity contribution in [3.63, 3.8) is 0 Å². The number of benzene rings is 2. The van der Waals surface area contributed by atoms with Gasteiger partial charge in [0, 0.05) is 24.8 Å². The van der Waals surface area contributed by atoms with Crippen LogP contribution in [0.15, 0.2) is 76.4 Å². The van der Waals surface area contributed by atoms with Crippen LogP contribution >= 0.6 is 0 Å². The summed E-state index contributed by atoms with van der Waals surface area (Å²) >= 11 is 0. The van der Waals surface area contributed by atoms with Gasteiger partial charge in [-0.25, -0.2) is 14.2 Å². The Bertz CT molecular complexity index is 1540. The minimum Gasteiger partial charge on any atom is -0.456 e. The lowest BCUT2D eigenvalue weighted by Crippen LogP contribution is -2.46. The second-order valence-electron chi connectivity index (χ2n) is 11.1. The number of aromatic nitrogens is 2. The van der Waals surface area contributed by atoms with Gasteiger partial charge in [-0.05, 0) is 45.6 Å². The number of nitrogens with zero attached hydrogens (tertiary/aromatic N) is 3. The van der Waals surface area contributed by atoms with E-state index in [0.717, 1.165) is 14.7 Å². The standard InChI is InChI=1S/C32H40N4O9/c1-21-17-35(32(41)36(29(21)39)20-42-18-23-11-7-5-8-12-23)30-28(43-19-25(37)33-15-16-34(3)4)26(38)27(45-30)22(2)44-31(40)24-13-9-6-10-14-24/h5-14,17,22,26-28,30,38H,15-16,18-20H2,1-4H3,(H,33,37)/t22-,26-,27-,28-,30-/m1/s1. The molecule has 0 spiro atoms. The summed E-state index contributed by atoms with van der Waals surface area (Å²) < 4.78 is 25.3. The first-order valence-electron chi connectivity index (χ1n) is 14.6. The molecule has 1 amide bonds. The van der Waals surface area contributed by atoms with E-state index in [-0.39, 0.29) is 18.9 Å². The lowest BCUT2D eigenvalue weighted by atomic mass is 10.1. The Kier molecular flexibility index (Phi) is 11.8. The van der Waals surface area contributed by atoms with Gasteiger partial charge in [0.05, 0.1) is 12.2 Å². The van der Waals surface area contributed by atoms with Crippen molar-refractivity contribution in [1.29, 1.82) is 0 Å². The SMILES string of the molecule is Cc1cn([C@@H]2O[C@H]([C@@H](C)OC(=O)c3ccccc3)[C@@H](O)[C@H]2OCC(=O)NCCN(C)C)c(=O)n(COCc2ccccc2)c1=O. The van der Waals surface area contributed by atoms with Gasteiger partial charge in [0.1, 0.15) is 37.8 Å². The van der Waals surface area contributed by atoms with Crippen molar-refractivity contribution in [1.82, 2.24) is 19.4 Å². The maximum absolute atomic E-state index is 13.7. The number of aliphatic hydroxyl groups is 1. The number of aryl methyl sites for hydroxylation is 1. The van der Waals surface area contributed by atoms with Gasteiger partial charge < -0.3 is 34.3 Å². The van der Waals surface area contributed by atoms with Crippen LogP contribution in [0.3, 0.4) is 0 Å². The zero-order chi connectivity index (χ0) is 32.5. The fourth-order valence-electron chi connectivity index (χ4n) is 4.87. The Morgan fingerprint density at radius 1 is 1.07 bits per heavy atom. The molecule has 1 saturated heterocycles. The number of hydrogen-bond acceptors (Lipinski definition) is 10. The molecule has 0 radical (unpaired) electrons. The van der Waals surface area contributed by atoms with E-state index in [1.807, 2.05) is 49.3 Å². The number of esters is 1. The Morgan fingerprint density at radius 3 is 2.40 bits per heavy atom. The number of amides is 1. The number of aliphatic hydroxyl groups excluding tert-OH is 1. The molecule has 13 nitrogen and oxygen atoms in total. The smallest absolute Gasteiger partial charge is 0.338 e. The molecule has 0 unspecified atom stereocenters. The molecule has 5 atom stereocenters. The molecule has 1 aliphatic heterocycles. The van der Waals surface area contributed by atoms with Gasteiger partial charge in [0.2, 0.25) is 5.91 Å². The summed E-state index contributed by atoms with van der Waals surface area (Å²) in [6, 6.07) is 17.6. The normalized spacial score (nSPS) is 20.2. The monoisotopic (exact) mass is 624 g/mol. The molecule has 0 saturated carbocycles. The molecule has 0 aliphatic carbocycles. The van der Waals surface area contributed by atoms with Crippen LogP contribution in [0.4, 0.5) is 0 Å². The van der Waals surface area contributed by atoms with Crippen molar-refractivity contribution in [2.75, 3.05) is 33.8 Å². The highest BCUT2D eigenvalue weighted by molar-refractivity contribution is 5.89. The van der Waals surface area contributed by atoms with Gasteiger partial charge in [-0.2, -0.15) is 0 Å². The van der Waals surface area contributed by atoms with Gasteiger partial charge in [-0.1, -0.05) is 48.5 Å². The summed E-state index contributed by atoms with van der Waals surface area (Å²) in [4.78, 5) is 53.8. The molecule has 3 aromatic rings. The zero-order valence-corrected chi connectivity index (χ0v) is 25.8. The predicted octanol–water partition coefficient (Wildman–Crippen LogP) is 1.06. The van der Waals surface area contributed by atoms with Crippen LogP contribution in [0.2, 0.25) is 0 Å². The Balaban J connectivity index is 1.57. The summed E-state index contributed by atoms with van der Waals surface area (Å²) in [7, 11) is 3.74. The van der Waals surface area contributed by atoms with Crippen LogP contribution in [0, 0.1) is 6.92 Å². The summed E-state index contributed by atoms with van der Waals surface area (Å²) in [6.07, 6.45) is -4.72. The van der Waals surface area contributed by atoms with E-state index in [9.17, 15) is 24.3 Å². The van der Waals surface area contributed by atoms with Gasteiger partial charge in [-0.15, -0.1) is 0 Å². The molecule has 1 fully saturated rings. The highest BCUT2D eigenvalue weighted by Crippen LogP contribution is 2.33. The van der Waals surface area contributed by atoms with Crippen molar-refractivity contribution in [3.05, 3.63) is 104 Å². The summed E-state index contributed by atoms with van der Waals surface area (Å²) in [5.41, 5.74) is 0.0601. The predicted molar refractivity (Wildman–Crippen MR) is 163 cm³/mol. The fourth-order valence-corrected chi connectivity index (χ4v) is 4.87. The first kappa shape index (κ1) is 33.7. The van der Waals surface area contributed by atoms with E-state index in [0.29, 0.717) is 18.7 Å². The Labute approximate surface area is 260 Å². The molecule has 242 valence electrons. The number of hydrogen-bond donors (Lipinski definition) is 2. The second kappa shape index (κ2) is 15.7. The van der Waals surface area contributed by atoms with E-state index in [4.69, 9.17) is 18.9 Å². The van der Waals surface area contributed by atoms with Crippen LogP contribution in [-0.2, 0) is 37.1 Å². The molecule has 2 N–H and O–H groups in total. The zero-order valence-electron chi connectivity index (χ0n) is 25.8. The molecule has 2 heterocycles. The molecule has 1 aromatic heterocycles. The van der Waals surface area contributed by atoms with E-state index in [1.54, 1.807) is 37.3 Å². The van der Waals surface area contributed by atoms with E-state index < -0.39 is 60.4 Å². The Morgan fingerprint density at radius 2 is 1.73 bits per heavy atom. The molecule has 0 bridgehead atoms. The highest BCUT2D eigenvalue weighted by atomic mass is 16.6. The first-order valence-corrected chi connectivity index (χ1v) is 14.6. The van der Waals surface area contributed by atoms with Crippen molar-refractivity contribution in [2.45, 2.75) is 57.8 Å². The van der Waals surface area contributed by atoms with Crippen molar-refractivity contribution in [2.24, 2.45) is 0 Å². The summed E-state index contributed by atoms with van der Waals surface area (Å²) in [5.74, 6) is -1.06. The van der Waals surface area contributed by atoms with Gasteiger partial charge >= 0.3 is 11.7 Å². The highest BCUT2D eigenvalue weighted by Gasteiger charge is 2.49. The Hall–Kier alpha value is -4.14. The van der Waals surface area contributed by atoms with Crippen LogP contribution in [0.25, 0.3) is 0 Å². The molecule has 2 aromatic carbocycles. The van der Waals surface area contributed by atoms with Crippen molar-refractivity contribution >= 4 is 11.9 Å². The average Bonchev–Trinajstić information content (AvgIpc) is 3.35. The van der Waals surface area contributed by atoms with E-state index in [2.05, 4.69) is 5.32 Å². The summed E-state index contributed by atoms with van der Waals surface area (Å²) in [5, 5.41) is 14.1.